The van der Waals surface area contributed by atoms with Crippen molar-refractivity contribution in [2.24, 2.45) is 11.3 Å². The van der Waals surface area contributed by atoms with Crippen molar-refractivity contribution >= 4 is 0 Å². The highest BCUT2D eigenvalue weighted by Gasteiger charge is 2.41. The molecule has 0 radical (unpaired) electrons. The predicted octanol–water partition coefficient (Wildman–Crippen LogP) is 2.46. The largest absolute Gasteiger partial charge is 0.305 e. The van der Waals surface area contributed by atoms with Gasteiger partial charge in [-0.25, -0.2) is 0 Å². The number of hydrogen-bond donors (Lipinski definition) is 0. The lowest BCUT2D eigenvalue weighted by molar-refractivity contribution is 0.291. The first kappa shape index (κ1) is 9.01. The molecule has 2 rings (SSSR count). The van der Waals surface area contributed by atoms with Crippen molar-refractivity contribution < 1.29 is 0 Å². The lowest BCUT2D eigenvalue weighted by Crippen LogP contribution is -2.28. The van der Waals surface area contributed by atoms with E-state index >= 15 is 0 Å². The molecule has 1 heteroatoms. The van der Waals surface area contributed by atoms with Crippen molar-refractivity contribution in [1.82, 2.24) is 4.90 Å². The molecule has 2 aliphatic rings. The summed E-state index contributed by atoms with van der Waals surface area (Å²) < 4.78 is 0. The Hall–Kier alpha value is -0.560. The van der Waals surface area contributed by atoms with Gasteiger partial charge in [-0.1, -0.05) is 37.6 Å². The molecule has 0 N–H and O–H groups in total. The van der Waals surface area contributed by atoms with Gasteiger partial charge in [0.05, 0.1) is 0 Å². The van der Waals surface area contributed by atoms with Crippen molar-refractivity contribution in [3.63, 3.8) is 0 Å². The maximum absolute atomic E-state index is 2.47. The molecule has 1 aliphatic heterocycles. The Morgan fingerprint density at radius 3 is 2.92 bits per heavy atom. The quantitative estimate of drug-likeness (QED) is 0.594. The summed E-state index contributed by atoms with van der Waals surface area (Å²) in [7, 11) is 2.24. The third-order valence-corrected chi connectivity index (χ3v) is 3.58. The summed E-state index contributed by atoms with van der Waals surface area (Å²) in [6.07, 6.45) is 11.7. The second kappa shape index (κ2) is 3.30. The highest BCUT2D eigenvalue weighted by molar-refractivity contribution is 5.20. The zero-order chi connectivity index (χ0) is 9.31. The minimum absolute atomic E-state index is 0.470. The highest BCUT2D eigenvalue weighted by Crippen LogP contribution is 2.43. The Bertz CT molecular complexity index is 242. The highest BCUT2D eigenvalue weighted by atomic mass is 15.1. The van der Waals surface area contributed by atoms with Gasteiger partial charge in [0.1, 0.15) is 0 Å². The van der Waals surface area contributed by atoms with Gasteiger partial charge in [-0.05, 0) is 19.4 Å². The van der Waals surface area contributed by atoms with Crippen LogP contribution in [0.2, 0.25) is 0 Å². The Morgan fingerprint density at radius 1 is 1.46 bits per heavy atom. The number of allylic oxidation sites excluding steroid dienone is 3. The van der Waals surface area contributed by atoms with Crippen LogP contribution >= 0.6 is 0 Å². The molecule has 72 valence electrons. The molecular weight excluding hydrogens is 158 g/mol. The molecule has 13 heavy (non-hydrogen) atoms. The van der Waals surface area contributed by atoms with Crippen LogP contribution in [-0.4, -0.2) is 25.0 Å². The molecule has 0 aromatic carbocycles. The number of rotatable bonds is 1. The molecule has 2 atom stereocenters. The number of hydrogen-bond acceptors (Lipinski definition) is 1. The Kier molecular flexibility index (Phi) is 2.29. The van der Waals surface area contributed by atoms with Crippen LogP contribution in [0, 0.1) is 11.3 Å². The van der Waals surface area contributed by atoms with Crippen LogP contribution in [0.4, 0.5) is 0 Å². The molecular formula is C12H19N. The van der Waals surface area contributed by atoms with Crippen LogP contribution in [0.25, 0.3) is 0 Å². The molecule has 1 saturated heterocycles. The summed E-state index contributed by atoms with van der Waals surface area (Å²) in [6.45, 7) is 4.83. The van der Waals surface area contributed by atoms with Crippen molar-refractivity contribution in [2.75, 3.05) is 20.1 Å². The average Bonchev–Trinajstić information content (AvgIpc) is 2.43. The van der Waals surface area contributed by atoms with E-state index in [-0.39, 0.29) is 0 Å². The van der Waals surface area contributed by atoms with Crippen LogP contribution in [-0.2, 0) is 0 Å². The molecule has 1 aliphatic carbocycles. The van der Waals surface area contributed by atoms with Crippen LogP contribution in [0.5, 0.6) is 0 Å². The maximum Gasteiger partial charge on any atom is 0.00869 e. The van der Waals surface area contributed by atoms with Gasteiger partial charge in [0.25, 0.3) is 0 Å². The normalized spacial score (nSPS) is 39.1. The first-order chi connectivity index (χ1) is 6.27. The van der Waals surface area contributed by atoms with E-state index in [9.17, 15) is 0 Å². The van der Waals surface area contributed by atoms with E-state index in [0.29, 0.717) is 5.41 Å². The molecule has 1 fully saturated rings. The molecule has 0 bridgehead atoms. The van der Waals surface area contributed by atoms with E-state index in [1.165, 1.54) is 25.9 Å². The van der Waals surface area contributed by atoms with Gasteiger partial charge in [0.15, 0.2) is 0 Å². The van der Waals surface area contributed by atoms with E-state index in [1.54, 1.807) is 0 Å². The van der Waals surface area contributed by atoms with Gasteiger partial charge in [-0.2, -0.15) is 0 Å². The van der Waals surface area contributed by atoms with Crippen molar-refractivity contribution in [3.05, 3.63) is 24.3 Å². The fraction of sp³-hybridized carbons (Fsp3) is 0.667. The third-order valence-electron chi connectivity index (χ3n) is 3.58. The minimum Gasteiger partial charge on any atom is -0.305 e. The topological polar surface area (TPSA) is 3.24 Å². The Morgan fingerprint density at radius 2 is 2.31 bits per heavy atom. The Labute approximate surface area is 81.1 Å². The first-order valence-electron chi connectivity index (χ1n) is 5.30. The Balaban J connectivity index is 2.20. The molecule has 0 amide bonds. The molecule has 1 nitrogen and oxygen atoms in total. The van der Waals surface area contributed by atoms with E-state index in [1.807, 2.05) is 0 Å². The summed E-state index contributed by atoms with van der Waals surface area (Å²) in [5.41, 5.74) is 0.470. The van der Waals surface area contributed by atoms with E-state index in [2.05, 4.69) is 43.2 Å². The standard InChI is InChI=1S/C12H19N/c1-3-11-9-13(2)10-12(11)7-5-4-6-8-12/h4-7,11H,3,8-10H2,1-2H3/t11?,12-/m1/s1. The average molecular weight is 177 g/mol. The number of likely N-dealkylation sites (tertiary alicyclic amines) is 1. The minimum atomic E-state index is 0.470. The lowest BCUT2D eigenvalue weighted by Gasteiger charge is -2.31. The summed E-state index contributed by atoms with van der Waals surface area (Å²) in [5, 5.41) is 0. The second-order valence-electron chi connectivity index (χ2n) is 4.53. The summed E-state index contributed by atoms with van der Waals surface area (Å²) >= 11 is 0. The van der Waals surface area contributed by atoms with Gasteiger partial charge in [0, 0.05) is 18.5 Å². The van der Waals surface area contributed by atoms with Crippen LogP contribution < -0.4 is 0 Å². The molecule has 0 aromatic rings. The van der Waals surface area contributed by atoms with Crippen molar-refractivity contribution in [3.8, 4) is 0 Å². The maximum atomic E-state index is 2.47. The molecule has 1 unspecified atom stereocenters. The monoisotopic (exact) mass is 177 g/mol. The van der Waals surface area contributed by atoms with Crippen LogP contribution in [0.3, 0.4) is 0 Å². The van der Waals surface area contributed by atoms with E-state index in [0.717, 1.165) is 5.92 Å². The summed E-state index contributed by atoms with van der Waals surface area (Å²) in [4.78, 5) is 2.47. The van der Waals surface area contributed by atoms with Crippen LogP contribution in [0.1, 0.15) is 19.8 Å². The molecule has 0 saturated carbocycles. The van der Waals surface area contributed by atoms with Gasteiger partial charge in [-0.15, -0.1) is 0 Å². The zero-order valence-electron chi connectivity index (χ0n) is 8.66. The zero-order valence-corrected chi connectivity index (χ0v) is 8.66. The first-order valence-corrected chi connectivity index (χ1v) is 5.30. The predicted molar refractivity (Wildman–Crippen MR) is 56.6 cm³/mol. The third kappa shape index (κ3) is 1.46. The lowest BCUT2D eigenvalue weighted by atomic mass is 9.72. The van der Waals surface area contributed by atoms with Gasteiger partial charge in [0.2, 0.25) is 0 Å². The summed E-state index contributed by atoms with van der Waals surface area (Å²) in [5.74, 6) is 0.860. The van der Waals surface area contributed by atoms with Gasteiger partial charge >= 0.3 is 0 Å². The van der Waals surface area contributed by atoms with E-state index in [4.69, 9.17) is 0 Å². The molecule has 1 spiro atoms. The van der Waals surface area contributed by atoms with Crippen LogP contribution in [0.15, 0.2) is 24.3 Å². The van der Waals surface area contributed by atoms with E-state index < -0.39 is 0 Å². The fourth-order valence-electron chi connectivity index (χ4n) is 2.89. The molecule has 1 heterocycles. The smallest absolute Gasteiger partial charge is 0.00869 e. The fourth-order valence-corrected chi connectivity index (χ4v) is 2.89. The molecule has 0 aromatic heterocycles. The second-order valence-corrected chi connectivity index (χ2v) is 4.53. The summed E-state index contributed by atoms with van der Waals surface area (Å²) in [6, 6.07) is 0. The van der Waals surface area contributed by atoms with Crippen molar-refractivity contribution in [2.45, 2.75) is 19.8 Å². The number of nitrogens with zero attached hydrogens (tertiary/aromatic N) is 1. The SMILES string of the molecule is CCC1CN(C)C[C@]12C=CC=CC2. The van der Waals surface area contributed by atoms with Gasteiger partial charge < -0.3 is 4.90 Å². The van der Waals surface area contributed by atoms with Crippen molar-refractivity contribution in [1.29, 1.82) is 0 Å². The van der Waals surface area contributed by atoms with Gasteiger partial charge in [-0.3, -0.25) is 0 Å².